The summed E-state index contributed by atoms with van der Waals surface area (Å²) >= 11 is 0. The van der Waals surface area contributed by atoms with Gasteiger partial charge in [-0.05, 0) is 26.1 Å². The first-order chi connectivity index (χ1) is 6.18. The highest BCUT2D eigenvalue weighted by Gasteiger charge is 2.02. The van der Waals surface area contributed by atoms with Crippen molar-refractivity contribution in [2.45, 2.75) is 19.5 Å². The minimum Gasteiger partial charge on any atom is -0.327 e. The van der Waals surface area contributed by atoms with Crippen molar-refractivity contribution >= 4 is 0 Å². The van der Waals surface area contributed by atoms with Crippen LogP contribution in [0, 0.1) is 0 Å². The van der Waals surface area contributed by atoms with Gasteiger partial charge in [-0.3, -0.25) is 9.88 Å². The molecule has 3 heteroatoms. The fraction of sp³-hybridized carbons (Fsp3) is 0.500. The molecule has 0 amide bonds. The highest BCUT2D eigenvalue weighted by molar-refractivity contribution is 5.02. The fourth-order valence-electron chi connectivity index (χ4n) is 1.32. The number of nitrogens with zero attached hydrogens (tertiary/aromatic N) is 2. The van der Waals surface area contributed by atoms with Crippen molar-refractivity contribution in [2.24, 2.45) is 5.73 Å². The zero-order valence-electron chi connectivity index (χ0n) is 8.27. The van der Waals surface area contributed by atoms with Gasteiger partial charge in [0.05, 0.1) is 5.69 Å². The van der Waals surface area contributed by atoms with E-state index in [1.807, 2.05) is 31.3 Å². The second-order valence-corrected chi connectivity index (χ2v) is 3.50. The van der Waals surface area contributed by atoms with Crippen LogP contribution in [0.25, 0.3) is 0 Å². The van der Waals surface area contributed by atoms with E-state index in [0.29, 0.717) is 0 Å². The number of nitrogens with two attached hydrogens (primary N) is 1. The van der Waals surface area contributed by atoms with E-state index in [4.69, 9.17) is 5.73 Å². The Balaban J connectivity index is 2.41. The molecule has 0 fully saturated rings. The van der Waals surface area contributed by atoms with Gasteiger partial charge in [-0.2, -0.15) is 0 Å². The lowest BCUT2D eigenvalue weighted by Crippen LogP contribution is -2.32. The van der Waals surface area contributed by atoms with Gasteiger partial charge >= 0.3 is 0 Å². The summed E-state index contributed by atoms with van der Waals surface area (Å²) in [5, 5.41) is 0. The molecule has 1 aromatic rings. The summed E-state index contributed by atoms with van der Waals surface area (Å²) in [6, 6.07) is 6.17. The highest BCUT2D eigenvalue weighted by Crippen LogP contribution is 1.98. The first-order valence-corrected chi connectivity index (χ1v) is 4.52. The molecule has 72 valence electrons. The molecular formula is C10H17N3. The Morgan fingerprint density at radius 2 is 2.31 bits per heavy atom. The van der Waals surface area contributed by atoms with Crippen molar-refractivity contribution in [3.05, 3.63) is 30.1 Å². The summed E-state index contributed by atoms with van der Waals surface area (Å²) in [5.74, 6) is 0. The molecule has 1 rings (SSSR count). The first kappa shape index (κ1) is 10.2. The lowest BCUT2D eigenvalue weighted by atomic mass is 10.3. The van der Waals surface area contributed by atoms with E-state index in [9.17, 15) is 0 Å². The molecule has 1 heterocycles. The van der Waals surface area contributed by atoms with Gasteiger partial charge in [0.25, 0.3) is 0 Å². The van der Waals surface area contributed by atoms with Crippen molar-refractivity contribution in [1.82, 2.24) is 9.88 Å². The molecule has 0 radical (unpaired) electrons. The molecule has 1 atom stereocenters. The van der Waals surface area contributed by atoms with Crippen molar-refractivity contribution < 1.29 is 0 Å². The van der Waals surface area contributed by atoms with E-state index in [0.717, 1.165) is 18.8 Å². The second-order valence-electron chi connectivity index (χ2n) is 3.50. The highest BCUT2D eigenvalue weighted by atomic mass is 15.1. The Bertz CT molecular complexity index is 233. The third kappa shape index (κ3) is 4.01. The molecule has 13 heavy (non-hydrogen) atoms. The van der Waals surface area contributed by atoms with Crippen LogP contribution in [0.15, 0.2) is 24.4 Å². The lowest BCUT2D eigenvalue weighted by molar-refractivity contribution is 0.306. The minimum atomic E-state index is 0.216. The first-order valence-electron chi connectivity index (χ1n) is 4.52. The van der Waals surface area contributed by atoms with Crippen LogP contribution in [0.2, 0.25) is 0 Å². The Labute approximate surface area is 79.6 Å². The summed E-state index contributed by atoms with van der Waals surface area (Å²) in [6.45, 7) is 3.77. The van der Waals surface area contributed by atoms with Gasteiger partial charge in [0, 0.05) is 25.3 Å². The van der Waals surface area contributed by atoms with Gasteiger partial charge in [-0.15, -0.1) is 0 Å². The van der Waals surface area contributed by atoms with Crippen molar-refractivity contribution in [3.8, 4) is 0 Å². The monoisotopic (exact) mass is 179 g/mol. The third-order valence-electron chi connectivity index (χ3n) is 1.76. The maximum Gasteiger partial charge on any atom is 0.0543 e. The average Bonchev–Trinajstić information content (AvgIpc) is 2.04. The van der Waals surface area contributed by atoms with Gasteiger partial charge < -0.3 is 5.73 Å². The standard InChI is InChI=1S/C10H17N3/c1-9(11)7-13(2)8-10-5-3-4-6-12-10/h3-6,9H,7-8,11H2,1-2H3/t9-/m0/s1. The molecule has 0 aliphatic carbocycles. The van der Waals surface area contributed by atoms with E-state index in [2.05, 4.69) is 16.9 Å². The van der Waals surface area contributed by atoms with Crippen LogP contribution < -0.4 is 5.73 Å². The molecule has 2 N–H and O–H groups in total. The van der Waals surface area contributed by atoms with Crippen LogP contribution in [0.1, 0.15) is 12.6 Å². The Kier molecular flexibility index (Phi) is 3.86. The normalized spacial score (nSPS) is 13.2. The third-order valence-corrected chi connectivity index (χ3v) is 1.76. The van der Waals surface area contributed by atoms with E-state index in [1.165, 1.54) is 0 Å². The minimum absolute atomic E-state index is 0.216. The molecule has 0 saturated heterocycles. The van der Waals surface area contributed by atoms with Gasteiger partial charge in [0.2, 0.25) is 0 Å². The maximum absolute atomic E-state index is 5.68. The summed E-state index contributed by atoms with van der Waals surface area (Å²) in [7, 11) is 2.05. The van der Waals surface area contributed by atoms with E-state index in [1.54, 1.807) is 0 Å². The Hall–Kier alpha value is -0.930. The second kappa shape index (κ2) is 4.94. The lowest BCUT2D eigenvalue weighted by Gasteiger charge is -2.17. The molecule has 0 spiro atoms. The molecular weight excluding hydrogens is 162 g/mol. The van der Waals surface area contributed by atoms with Crippen molar-refractivity contribution in [3.63, 3.8) is 0 Å². The SMILES string of the molecule is C[C@H](N)CN(C)Cc1ccccn1. The predicted molar refractivity (Wildman–Crippen MR) is 54.2 cm³/mol. The van der Waals surface area contributed by atoms with Gasteiger partial charge in [0.15, 0.2) is 0 Å². The van der Waals surface area contributed by atoms with Crippen molar-refractivity contribution in [2.75, 3.05) is 13.6 Å². The van der Waals surface area contributed by atoms with Crippen LogP contribution in [-0.2, 0) is 6.54 Å². The quantitative estimate of drug-likeness (QED) is 0.745. The molecule has 3 nitrogen and oxygen atoms in total. The molecule has 0 aliphatic heterocycles. The largest absolute Gasteiger partial charge is 0.327 e. The zero-order chi connectivity index (χ0) is 9.68. The van der Waals surface area contributed by atoms with E-state index < -0.39 is 0 Å². The summed E-state index contributed by atoms with van der Waals surface area (Å²) < 4.78 is 0. The van der Waals surface area contributed by atoms with E-state index >= 15 is 0 Å². The number of likely N-dealkylation sites (N-methyl/N-ethyl adjacent to an activating group) is 1. The van der Waals surface area contributed by atoms with Crippen LogP contribution in [0.4, 0.5) is 0 Å². The number of rotatable bonds is 4. The topological polar surface area (TPSA) is 42.1 Å². The Morgan fingerprint density at radius 1 is 1.54 bits per heavy atom. The van der Waals surface area contributed by atoms with Crippen LogP contribution >= 0.6 is 0 Å². The molecule has 0 aliphatic rings. The molecule has 1 aromatic heterocycles. The van der Waals surface area contributed by atoms with Gasteiger partial charge in [-0.1, -0.05) is 6.07 Å². The number of hydrogen-bond acceptors (Lipinski definition) is 3. The number of aromatic nitrogens is 1. The molecule has 0 saturated carbocycles. The summed E-state index contributed by atoms with van der Waals surface area (Å²) in [5.41, 5.74) is 6.77. The number of pyridine rings is 1. The van der Waals surface area contributed by atoms with E-state index in [-0.39, 0.29) is 6.04 Å². The molecule has 0 bridgehead atoms. The number of hydrogen-bond donors (Lipinski definition) is 1. The van der Waals surface area contributed by atoms with Crippen LogP contribution in [-0.4, -0.2) is 29.5 Å². The molecule has 0 unspecified atom stereocenters. The van der Waals surface area contributed by atoms with Gasteiger partial charge in [-0.25, -0.2) is 0 Å². The van der Waals surface area contributed by atoms with Crippen LogP contribution in [0.5, 0.6) is 0 Å². The van der Waals surface area contributed by atoms with Crippen molar-refractivity contribution in [1.29, 1.82) is 0 Å². The molecule has 0 aromatic carbocycles. The van der Waals surface area contributed by atoms with Gasteiger partial charge in [0.1, 0.15) is 0 Å². The van der Waals surface area contributed by atoms with Crippen LogP contribution in [0.3, 0.4) is 0 Å². The maximum atomic E-state index is 5.68. The average molecular weight is 179 g/mol. The summed E-state index contributed by atoms with van der Waals surface area (Å²) in [6.07, 6.45) is 1.81. The smallest absolute Gasteiger partial charge is 0.0543 e. The summed E-state index contributed by atoms with van der Waals surface area (Å²) in [4.78, 5) is 6.42. The Morgan fingerprint density at radius 3 is 2.85 bits per heavy atom. The predicted octanol–water partition coefficient (Wildman–Crippen LogP) is 0.861. The zero-order valence-corrected chi connectivity index (χ0v) is 8.27. The fourth-order valence-corrected chi connectivity index (χ4v) is 1.32.